The highest BCUT2D eigenvalue weighted by molar-refractivity contribution is 6.18. The van der Waals surface area contributed by atoms with Crippen LogP contribution < -0.4 is 0 Å². The highest BCUT2D eigenvalue weighted by Gasteiger charge is 2.04. The molecule has 0 fully saturated rings. The lowest BCUT2D eigenvalue weighted by atomic mass is 10.1. The molecule has 2 rings (SSSR count). The van der Waals surface area contributed by atoms with Crippen molar-refractivity contribution in [1.82, 2.24) is 0 Å². The van der Waals surface area contributed by atoms with Crippen LogP contribution in [0.1, 0.15) is 11.7 Å². The third-order valence-corrected chi connectivity index (χ3v) is 2.75. The Morgan fingerprint density at radius 2 is 1.44 bits per heavy atom. The second kappa shape index (κ2) is 6.28. The van der Waals surface area contributed by atoms with E-state index in [0.29, 0.717) is 0 Å². The van der Waals surface area contributed by atoms with Gasteiger partial charge in [-0.2, -0.15) is 10.2 Å². The van der Waals surface area contributed by atoms with Crippen LogP contribution in [0.2, 0.25) is 0 Å². The van der Waals surface area contributed by atoms with Crippen molar-refractivity contribution < 1.29 is 5.11 Å². The van der Waals surface area contributed by atoms with Crippen molar-refractivity contribution in [2.45, 2.75) is 6.10 Å². The van der Waals surface area contributed by atoms with E-state index in [0.717, 1.165) is 16.9 Å². The molecule has 0 spiro atoms. The number of benzene rings is 2. The van der Waals surface area contributed by atoms with Gasteiger partial charge in [0.1, 0.15) is 0 Å². The Morgan fingerprint density at radius 3 is 2.00 bits per heavy atom. The molecule has 0 aliphatic rings. The lowest BCUT2D eigenvalue weighted by Crippen LogP contribution is -1.97. The van der Waals surface area contributed by atoms with Gasteiger partial charge in [0.15, 0.2) is 0 Å². The quantitative estimate of drug-likeness (QED) is 0.644. The fraction of sp³-hybridized carbons (Fsp3) is 0.143. The Kier molecular flexibility index (Phi) is 4.45. The normalized spacial score (nSPS) is 12.8. The molecule has 1 unspecified atom stereocenters. The SMILES string of the molecule is OC(CCl)c1ccc(N=Nc2ccccc2)cc1. The molecule has 4 heteroatoms. The fourth-order valence-corrected chi connectivity index (χ4v) is 1.64. The molecule has 0 aliphatic heterocycles. The molecular formula is C14H13ClN2O. The van der Waals surface area contributed by atoms with E-state index in [1.54, 1.807) is 24.3 Å². The smallest absolute Gasteiger partial charge is 0.0925 e. The Hall–Kier alpha value is -1.71. The summed E-state index contributed by atoms with van der Waals surface area (Å²) in [5.74, 6) is 0.185. The van der Waals surface area contributed by atoms with Crippen molar-refractivity contribution in [2.75, 3.05) is 5.88 Å². The maximum atomic E-state index is 9.54. The zero-order valence-corrected chi connectivity index (χ0v) is 10.5. The maximum Gasteiger partial charge on any atom is 0.0925 e. The first-order valence-electron chi connectivity index (χ1n) is 5.60. The fourth-order valence-electron chi connectivity index (χ4n) is 1.46. The molecule has 0 saturated heterocycles. The van der Waals surface area contributed by atoms with Gasteiger partial charge < -0.3 is 5.11 Å². The molecule has 0 radical (unpaired) electrons. The Morgan fingerprint density at radius 1 is 0.889 bits per heavy atom. The van der Waals surface area contributed by atoms with Gasteiger partial charge in [-0.05, 0) is 29.8 Å². The number of rotatable bonds is 4. The molecule has 18 heavy (non-hydrogen) atoms. The van der Waals surface area contributed by atoms with Gasteiger partial charge in [-0.15, -0.1) is 11.6 Å². The van der Waals surface area contributed by atoms with Gasteiger partial charge in [-0.3, -0.25) is 0 Å². The van der Waals surface area contributed by atoms with Crippen molar-refractivity contribution in [3.05, 3.63) is 60.2 Å². The average Bonchev–Trinajstić information content (AvgIpc) is 2.46. The number of aliphatic hydroxyl groups is 1. The monoisotopic (exact) mass is 260 g/mol. The Balaban J connectivity index is 2.09. The van der Waals surface area contributed by atoms with Crippen LogP contribution in [0.5, 0.6) is 0 Å². The van der Waals surface area contributed by atoms with Crippen molar-refractivity contribution in [3.8, 4) is 0 Å². The van der Waals surface area contributed by atoms with Crippen LogP contribution in [0.25, 0.3) is 0 Å². The van der Waals surface area contributed by atoms with Gasteiger partial charge in [-0.1, -0.05) is 30.3 Å². The number of alkyl halides is 1. The zero-order valence-electron chi connectivity index (χ0n) is 9.70. The topological polar surface area (TPSA) is 45.0 Å². The third kappa shape index (κ3) is 3.39. The standard InChI is InChI=1S/C14H13ClN2O/c15-10-14(18)11-6-8-13(9-7-11)17-16-12-4-2-1-3-5-12/h1-9,14,18H,10H2. The average molecular weight is 261 g/mol. The van der Waals surface area contributed by atoms with Gasteiger partial charge in [0.25, 0.3) is 0 Å². The van der Waals surface area contributed by atoms with Crippen LogP contribution in [0, 0.1) is 0 Å². The Bertz CT molecular complexity index is 511. The lowest BCUT2D eigenvalue weighted by Gasteiger charge is -2.06. The van der Waals surface area contributed by atoms with E-state index >= 15 is 0 Å². The first-order chi connectivity index (χ1) is 8.79. The molecular weight excluding hydrogens is 248 g/mol. The number of hydrogen-bond acceptors (Lipinski definition) is 3. The molecule has 1 N–H and O–H groups in total. The molecule has 0 saturated carbocycles. The van der Waals surface area contributed by atoms with E-state index in [9.17, 15) is 5.11 Å². The molecule has 0 heterocycles. The van der Waals surface area contributed by atoms with Gasteiger partial charge in [-0.25, -0.2) is 0 Å². The summed E-state index contributed by atoms with van der Waals surface area (Å²) in [6.07, 6.45) is -0.633. The predicted octanol–water partition coefficient (Wildman–Crippen LogP) is 4.37. The van der Waals surface area contributed by atoms with E-state index in [2.05, 4.69) is 10.2 Å². The molecule has 0 bridgehead atoms. The minimum Gasteiger partial charge on any atom is -0.387 e. The summed E-state index contributed by atoms with van der Waals surface area (Å²) in [6, 6.07) is 16.7. The van der Waals surface area contributed by atoms with E-state index in [4.69, 9.17) is 11.6 Å². The lowest BCUT2D eigenvalue weighted by molar-refractivity contribution is 0.202. The number of aliphatic hydroxyl groups excluding tert-OH is 1. The molecule has 3 nitrogen and oxygen atoms in total. The summed E-state index contributed by atoms with van der Waals surface area (Å²) < 4.78 is 0. The van der Waals surface area contributed by atoms with E-state index in [1.165, 1.54) is 0 Å². The number of halogens is 1. The second-order valence-corrected chi connectivity index (χ2v) is 4.11. The van der Waals surface area contributed by atoms with Crippen LogP contribution >= 0.6 is 11.6 Å². The zero-order chi connectivity index (χ0) is 12.8. The van der Waals surface area contributed by atoms with Gasteiger partial charge in [0.2, 0.25) is 0 Å². The molecule has 2 aromatic carbocycles. The highest BCUT2D eigenvalue weighted by atomic mass is 35.5. The van der Waals surface area contributed by atoms with E-state index in [-0.39, 0.29) is 5.88 Å². The van der Waals surface area contributed by atoms with Crippen LogP contribution in [0.15, 0.2) is 64.8 Å². The third-order valence-electron chi connectivity index (χ3n) is 2.46. The summed E-state index contributed by atoms with van der Waals surface area (Å²) in [5.41, 5.74) is 2.33. The van der Waals surface area contributed by atoms with Crippen LogP contribution in [-0.2, 0) is 0 Å². The molecule has 92 valence electrons. The maximum absolute atomic E-state index is 9.54. The summed E-state index contributed by atoms with van der Waals surface area (Å²) >= 11 is 5.58. The minimum absolute atomic E-state index is 0.185. The van der Waals surface area contributed by atoms with Gasteiger partial charge in [0.05, 0.1) is 23.4 Å². The summed E-state index contributed by atoms with van der Waals surface area (Å²) in [6.45, 7) is 0. The largest absolute Gasteiger partial charge is 0.387 e. The Labute approximate surface area is 111 Å². The van der Waals surface area contributed by atoms with Gasteiger partial charge >= 0.3 is 0 Å². The van der Waals surface area contributed by atoms with E-state index in [1.807, 2.05) is 30.3 Å². The van der Waals surface area contributed by atoms with Crippen molar-refractivity contribution in [3.63, 3.8) is 0 Å². The van der Waals surface area contributed by atoms with Crippen molar-refractivity contribution in [2.24, 2.45) is 10.2 Å². The summed E-state index contributed by atoms with van der Waals surface area (Å²) in [5, 5.41) is 17.8. The van der Waals surface area contributed by atoms with Crippen molar-refractivity contribution in [1.29, 1.82) is 0 Å². The van der Waals surface area contributed by atoms with Crippen LogP contribution in [0.3, 0.4) is 0 Å². The van der Waals surface area contributed by atoms with Crippen LogP contribution in [0.4, 0.5) is 11.4 Å². The molecule has 2 aromatic rings. The molecule has 0 aromatic heterocycles. The van der Waals surface area contributed by atoms with Gasteiger partial charge in [0, 0.05) is 0 Å². The molecule has 0 amide bonds. The summed E-state index contributed by atoms with van der Waals surface area (Å²) in [7, 11) is 0. The van der Waals surface area contributed by atoms with Crippen molar-refractivity contribution >= 4 is 23.0 Å². The van der Waals surface area contributed by atoms with E-state index < -0.39 is 6.10 Å². The second-order valence-electron chi connectivity index (χ2n) is 3.80. The summed E-state index contributed by atoms with van der Waals surface area (Å²) in [4.78, 5) is 0. The first kappa shape index (κ1) is 12.7. The predicted molar refractivity (Wildman–Crippen MR) is 72.7 cm³/mol. The highest BCUT2D eigenvalue weighted by Crippen LogP contribution is 2.21. The van der Waals surface area contributed by atoms with Crippen LogP contribution in [-0.4, -0.2) is 11.0 Å². The number of nitrogens with zero attached hydrogens (tertiary/aromatic N) is 2. The number of hydrogen-bond donors (Lipinski definition) is 1. The minimum atomic E-state index is -0.633. The molecule has 0 aliphatic carbocycles. The first-order valence-corrected chi connectivity index (χ1v) is 6.14. The number of azo groups is 1. The molecule has 1 atom stereocenters.